The van der Waals surface area contributed by atoms with Gasteiger partial charge in [-0.25, -0.2) is 13.4 Å². The quantitative estimate of drug-likeness (QED) is 0.859. The maximum absolute atomic E-state index is 12.9. The van der Waals surface area contributed by atoms with E-state index in [4.69, 9.17) is 4.74 Å². The Labute approximate surface area is 157 Å². The number of nitrogens with zero attached hydrogens (tertiary/aromatic N) is 2. The van der Waals surface area contributed by atoms with Gasteiger partial charge >= 0.3 is 0 Å². The number of carbonyl (C=O) groups excluding carboxylic acids is 1. The van der Waals surface area contributed by atoms with Gasteiger partial charge in [-0.1, -0.05) is 6.07 Å². The number of morpholine rings is 1. The van der Waals surface area contributed by atoms with E-state index >= 15 is 0 Å². The molecule has 0 aliphatic carbocycles. The molecule has 0 radical (unpaired) electrons. The van der Waals surface area contributed by atoms with Gasteiger partial charge < -0.3 is 4.74 Å². The maximum atomic E-state index is 12.9. The van der Waals surface area contributed by atoms with Crippen molar-refractivity contribution in [3.63, 3.8) is 0 Å². The summed E-state index contributed by atoms with van der Waals surface area (Å²) in [6.45, 7) is 6.17. The summed E-state index contributed by atoms with van der Waals surface area (Å²) in [6, 6.07) is 6.06. The number of thiazole rings is 1. The third kappa shape index (κ3) is 4.12. The molecule has 0 spiro atoms. The van der Waals surface area contributed by atoms with E-state index in [-0.39, 0.29) is 28.6 Å². The van der Waals surface area contributed by atoms with Crippen molar-refractivity contribution in [3.8, 4) is 0 Å². The van der Waals surface area contributed by atoms with E-state index < -0.39 is 10.0 Å². The number of rotatable bonds is 4. The van der Waals surface area contributed by atoms with Gasteiger partial charge in [0.2, 0.25) is 10.0 Å². The molecule has 2 atom stereocenters. The highest BCUT2D eigenvalue weighted by Gasteiger charge is 2.32. The lowest BCUT2D eigenvalue weighted by Crippen LogP contribution is -2.48. The van der Waals surface area contributed by atoms with Crippen molar-refractivity contribution < 1.29 is 17.9 Å². The minimum atomic E-state index is -3.69. The van der Waals surface area contributed by atoms with Crippen LogP contribution in [0.4, 0.5) is 5.13 Å². The summed E-state index contributed by atoms with van der Waals surface area (Å²) >= 11 is 1.36. The monoisotopic (exact) mass is 395 g/mol. The zero-order valence-electron chi connectivity index (χ0n) is 14.8. The van der Waals surface area contributed by atoms with Crippen molar-refractivity contribution in [1.29, 1.82) is 0 Å². The second kappa shape index (κ2) is 7.43. The van der Waals surface area contributed by atoms with Crippen LogP contribution in [-0.2, 0) is 14.8 Å². The predicted octanol–water partition coefficient (Wildman–Crippen LogP) is 2.50. The van der Waals surface area contributed by atoms with Gasteiger partial charge in [0.25, 0.3) is 5.91 Å². The van der Waals surface area contributed by atoms with Gasteiger partial charge in [-0.2, -0.15) is 4.31 Å². The number of hydrogen-bond donors (Lipinski definition) is 1. The van der Waals surface area contributed by atoms with Crippen molar-refractivity contribution in [2.45, 2.75) is 37.9 Å². The molecule has 0 saturated carbocycles. The number of sulfonamides is 1. The highest BCUT2D eigenvalue weighted by atomic mass is 32.2. The van der Waals surface area contributed by atoms with Crippen LogP contribution in [0.25, 0.3) is 0 Å². The number of anilines is 1. The van der Waals surface area contributed by atoms with Crippen LogP contribution >= 0.6 is 11.3 Å². The molecule has 0 unspecified atom stereocenters. The smallest absolute Gasteiger partial charge is 0.257 e. The first-order valence-corrected chi connectivity index (χ1v) is 10.5. The number of aromatic nitrogens is 1. The van der Waals surface area contributed by atoms with Gasteiger partial charge in [0.15, 0.2) is 5.13 Å². The van der Waals surface area contributed by atoms with Crippen molar-refractivity contribution >= 4 is 32.4 Å². The van der Waals surface area contributed by atoms with Crippen LogP contribution in [-0.4, -0.2) is 48.9 Å². The van der Waals surface area contributed by atoms with Crippen LogP contribution in [0.2, 0.25) is 0 Å². The third-order valence-electron chi connectivity index (χ3n) is 3.96. The summed E-state index contributed by atoms with van der Waals surface area (Å²) in [4.78, 5) is 17.6. The fraction of sp³-hybridized carbons (Fsp3) is 0.412. The van der Waals surface area contributed by atoms with E-state index in [1.54, 1.807) is 18.3 Å². The van der Waals surface area contributed by atoms with Crippen LogP contribution in [0.15, 0.2) is 35.4 Å². The molecule has 7 nitrogen and oxygen atoms in total. The first-order chi connectivity index (χ1) is 12.3. The van der Waals surface area contributed by atoms with Gasteiger partial charge in [0.1, 0.15) is 0 Å². The fourth-order valence-corrected chi connectivity index (χ4v) is 5.15. The molecule has 1 aliphatic heterocycles. The molecule has 3 rings (SSSR count). The van der Waals surface area contributed by atoms with Crippen LogP contribution < -0.4 is 5.32 Å². The Kier molecular flexibility index (Phi) is 5.42. The lowest BCUT2D eigenvalue weighted by atomic mass is 10.2. The Morgan fingerprint density at radius 1 is 1.31 bits per heavy atom. The number of nitrogens with one attached hydrogen (secondary N) is 1. The van der Waals surface area contributed by atoms with Crippen LogP contribution in [0.5, 0.6) is 0 Å². The van der Waals surface area contributed by atoms with E-state index in [9.17, 15) is 13.2 Å². The first-order valence-electron chi connectivity index (χ1n) is 8.25. The lowest BCUT2D eigenvalue weighted by Gasteiger charge is -2.34. The average molecular weight is 396 g/mol. The molecular weight excluding hydrogens is 374 g/mol. The number of benzene rings is 1. The fourth-order valence-electron chi connectivity index (χ4n) is 2.86. The summed E-state index contributed by atoms with van der Waals surface area (Å²) < 4.78 is 32.9. The number of aryl methyl sites for hydroxylation is 1. The van der Waals surface area contributed by atoms with Gasteiger partial charge in [0, 0.05) is 29.7 Å². The zero-order valence-corrected chi connectivity index (χ0v) is 16.4. The largest absolute Gasteiger partial charge is 0.373 e. The molecule has 26 heavy (non-hydrogen) atoms. The van der Waals surface area contributed by atoms with Gasteiger partial charge in [0.05, 0.1) is 17.1 Å². The molecule has 1 amide bonds. The van der Waals surface area contributed by atoms with E-state index in [2.05, 4.69) is 10.3 Å². The molecule has 0 bridgehead atoms. The van der Waals surface area contributed by atoms with Crippen molar-refractivity contribution in [1.82, 2.24) is 9.29 Å². The molecule has 140 valence electrons. The second-order valence-corrected chi connectivity index (χ2v) is 9.51. The van der Waals surface area contributed by atoms with Crippen LogP contribution in [0.1, 0.15) is 29.1 Å². The average Bonchev–Trinajstić information content (AvgIpc) is 2.99. The molecule has 2 aromatic rings. The highest BCUT2D eigenvalue weighted by molar-refractivity contribution is 7.89. The maximum Gasteiger partial charge on any atom is 0.257 e. The molecule has 1 fully saturated rings. The Morgan fingerprint density at radius 2 is 2.00 bits per heavy atom. The summed E-state index contributed by atoms with van der Waals surface area (Å²) in [5.74, 6) is -0.389. The third-order valence-corrected chi connectivity index (χ3v) is 6.62. The van der Waals surface area contributed by atoms with E-state index in [1.807, 2.05) is 20.8 Å². The number of carbonyl (C=O) groups is 1. The Balaban J connectivity index is 1.82. The second-order valence-electron chi connectivity index (χ2n) is 6.34. The summed E-state index contributed by atoms with van der Waals surface area (Å²) in [5.41, 5.74) is 0.272. The van der Waals surface area contributed by atoms with Gasteiger partial charge in [-0.3, -0.25) is 10.1 Å². The number of amides is 1. The zero-order chi connectivity index (χ0) is 18.9. The van der Waals surface area contributed by atoms with Gasteiger partial charge in [-0.05, 0) is 39.0 Å². The minimum Gasteiger partial charge on any atom is -0.373 e. The molecule has 1 aromatic heterocycles. The molecular formula is C17H21N3O4S2. The van der Waals surface area contributed by atoms with E-state index in [0.717, 1.165) is 4.88 Å². The van der Waals surface area contributed by atoms with Crippen molar-refractivity contribution in [2.24, 2.45) is 0 Å². The normalized spacial score (nSPS) is 21.5. The van der Waals surface area contributed by atoms with Crippen LogP contribution in [0.3, 0.4) is 0 Å². The van der Waals surface area contributed by atoms with E-state index in [1.165, 1.54) is 27.8 Å². The topological polar surface area (TPSA) is 88.6 Å². The number of ether oxygens (including phenoxy) is 1. The Bertz CT molecular complexity index is 900. The molecule has 1 saturated heterocycles. The molecule has 9 heteroatoms. The summed E-state index contributed by atoms with van der Waals surface area (Å²) in [7, 11) is -3.69. The molecule has 1 aromatic carbocycles. The summed E-state index contributed by atoms with van der Waals surface area (Å²) in [6.07, 6.45) is 1.32. The Morgan fingerprint density at radius 3 is 2.62 bits per heavy atom. The standard InChI is InChI=1S/C17H21N3O4S2/c1-11-9-20(10-12(2)24-11)26(22,23)15-6-4-5-14(7-15)16(21)19-17-18-8-13(3)25-17/h4-8,11-12H,9-10H2,1-3H3,(H,18,19,21)/t11-,12-/m1/s1. The Hall–Kier alpha value is -1.81. The molecule has 1 N–H and O–H groups in total. The minimum absolute atomic E-state index is 0.0989. The summed E-state index contributed by atoms with van der Waals surface area (Å²) in [5, 5.41) is 3.17. The van der Waals surface area contributed by atoms with Crippen molar-refractivity contribution in [2.75, 3.05) is 18.4 Å². The molecule has 1 aliphatic rings. The van der Waals surface area contributed by atoms with Gasteiger partial charge in [-0.15, -0.1) is 11.3 Å². The number of hydrogen-bond acceptors (Lipinski definition) is 6. The lowest BCUT2D eigenvalue weighted by molar-refractivity contribution is -0.0440. The molecule has 2 heterocycles. The van der Waals surface area contributed by atoms with E-state index in [0.29, 0.717) is 18.2 Å². The predicted molar refractivity (Wildman–Crippen MR) is 100 cm³/mol. The van der Waals surface area contributed by atoms with Crippen molar-refractivity contribution in [3.05, 3.63) is 40.9 Å². The SMILES string of the molecule is Cc1cnc(NC(=O)c2cccc(S(=O)(=O)N3C[C@@H](C)O[C@H](C)C3)c2)s1. The highest BCUT2D eigenvalue weighted by Crippen LogP contribution is 2.23. The first kappa shape index (κ1) is 19.0. The van der Waals surface area contributed by atoms with Crippen LogP contribution in [0, 0.1) is 6.92 Å².